The summed E-state index contributed by atoms with van der Waals surface area (Å²) in [5, 5.41) is 2.53. The van der Waals surface area contributed by atoms with E-state index in [1.165, 1.54) is 11.3 Å². The molecule has 128 valence electrons. The van der Waals surface area contributed by atoms with Gasteiger partial charge in [0.05, 0.1) is 11.3 Å². The standard InChI is InChI=1S/C19H18N2O3S/c22-17-16-14(12-6-2-1-3-7-12)11-25-18(16)21-15(20-17)10-24-19(23)13-8-4-5-9-13/h1-3,6-7,11,13H,4-5,8-10H2,(H,20,21,22). The molecule has 0 spiro atoms. The molecule has 6 heteroatoms. The van der Waals surface area contributed by atoms with Crippen LogP contribution in [0.5, 0.6) is 0 Å². The average Bonchev–Trinajstić information content (AvgIpc) is 3.30. The molecule has 5 nitrogen and oxygen atoms in total. The molecule has 1 aliphatic rings. The summed E-state index contributed by atoms with van der Waals surface area (Å²) in [6, 6.07) is 9.77. The first-order valence-electron chi connectivity index (χ1n) is 8.45. The Balaban J connectivity index is 1.58. The number of carbonyl (C=O) groups is 1. The van der Waals surface area contributed by atoms with Crippen molar-refractivity contribution in [3.8, 4) is 11.1 Å². The second kappa shape index (κ2) is 6.80. The van der Waals surface area contributed by atoms with Crippen molar-refractivity contribution in [1.82, 2.24) is 9.97 Å². The van der Waals surface area contributed by atoms with Crippen molar-refractivity contribution in [3.05, 3.63) is 51.9 Å². The minimum absolute atomic E-state index is 0.00174. The highest BCUT2D eigenvalue weighted by molar-refractivity contribution is 7.17. The van der Waals surface area contributed by atoms with Crippen molar-refractivity contribution in [2.75, 3.05) is 0 Å². The third-order valence-electron chi connectivity index (χ3n) is 4.62. The van der Waals surface area contributed by atoms with E-state index in [-0.39, 0.29) is 24.1 Å². The molecule has 1 aliphatic carbocycles. The Bertz CT molecular complexity index is 956. The molecular formula is C19H18N2O3S. The van der Waals surface area contributed by atoms with Gasteiger partial charge in [-0.1, -0.05) is 43.2 Å². The first-order chi connectivity index (χ1) is 12.2. The number of aromatic amines is 1. The fourth-order valence-electron chi connectivity index (χ4n) is 3.31. The van der Waals surface area contributed by atoms with Crippen LogP contribution in [0, 0.1) is 5.92 Å². The Morgan fingerprint density at radius 1 is 1.24 bits per heavy atom. The van der Waals surface area contributed by atoms with Crippen LogP contribution in [0.2, 0.25) is 0 Å². The zero-order valence-corrected chi connectivity index (χ0v) is 14.5. The van der Waals surface area contributed by atoms with E-state index in [2.05, 4.69) is 9.97 Å². The Morgan fingerprint density at radius 3 is 2.76 bits per heavy atom. The van der Waals surface area contributed by atoms with Crippen molar-refractivity contribution in [3.63, 3.8) is 0 Å². The van der Waals surface area contributed by atoms with Gasteiger partial charge in [-0.15, -0.1) is 11.3 Å². The molecule has 1 fully saturated rings. The molecule has 2 aromatic heterocycles. The molecule has 1 N–H and O–H groups in total. The molecule has 0 radical (unpaired) electrons. The predicted molar refractivity (Wildman–Crippen MR) is 97.4 cm³/mol. The van der Waals surface area contributed by atoms with Gasteiger partial charge in [0.1, 0.15) is 17.3 Å². The van der Waals surface area contributed by atoms with E-state index < -0.39 is 0 Å². The molecule has 0 saturated heterocycles. The first-order valence-corrected chi connectivity index (χ1v) is 9.33. The normalized spacial score (nSPS) is 14.9. The van der Waals surface area contributed by atoms with E-state index in [1.807, 2.05) is 35.7 Å². The monoisotopic (exact) mass is 354 g/mol. The number of fused-ring (bicyclic) bond motifs is 1. The lowest BCUT2D eigenvalue weighted by molar-refractivity contribution is -0.149. The van der Waals surface area contributed by atoms with Crippen LogP contribution in [0.1, 0.15) is 31.5 Å². The number of esters is 1. The van der Waals surface area contributed by atoms with Gasteiger partial charge in [-0.25, -0.2) is 4.98 Å². The zero-order chi connectivity index (χ0) is 17.2. The highest BCUT2D eigenvalue weighted by atomic mass is 32.1. The number of hydrogen-bond acceptors (Lipinski definition) is 5. The van der Waals surface area contributed by atoms with Crippen molar-refractivity contribution < 1.29 is 9.53 Å². The maximum absolute atomic E-state index is 12.5. The van der Waals surface area contributed by atoms with Crippen LogP contribution < -0.4 is 5.56 Å². The lowest BCUT2D eigenvalue weighted by Crippen LogP contribution is -2.17. The van der Waals surface area contributed by atoms with E-state index in [1.54, 1.807) is 0 Å². The highest BCUT2D eigenvalue weighted by Gasteiger charge is 2.24. The summed E-state index contributed by atoms with van der Waals surface area (Å²) >= 11 is 1.43. The van der Waals surface area contributed by atoms with Gasteiger partial charge in [0.2, 0.25) is 0 Å². The van der Waals surface area contributed by atoms with E-state index in [0.29, 0.717) is 16.0 Å². The van der Waals surface area contributed by atoms with Gasteiger partial charge in [-0.05, 0) is 18.4 Å². The quantitative estimate of drug-likeness (QED) is 0.722. The van der Waals surface area contributed by atoms with E-state index in [4.69, 9.17) is 4.74 Å². The van der Waals surface area contributed by atoms with Gasteiger partial charge in [0, 0.05) is 10.9 Å². The molecule has 0 aliphatic heterocycles. The Morgan fingerprint density at radius 2 is 2.00 bits per heavy atom. The summed E-state index contributed by atoms with van der Waals surface area (Å²) in [4.78, 5) is 32.4. The number of nitrogens with zero attached hydrogens (tertiary/aromatic N) is 1. The van der Waals surface area contributed by atoms with Crippen molar-refractivity contribution >= 4 is 27.5 Å². The minimum atomic E-state index is -0.197. The molecule has 3 aromatic rings. The maximum Gasteiger partial charge on any atom is 0.309 e. The smallest absolute Gasteiger partial charge is 0.309 e. The molecule has 0 unspecified atom stereocenters. The second-order valence-electron chi connectivity index (χ2n) is 6.30. The summed E-state index contributed by atoms with van der Waals surface area (Å²) in [5.74, 6) is 0.212. The third kappa shape index (κ3) is 3.22. The number of nitrogens with one attached hydrogen (secondary N) is 1. The summed E-state index contributed by atoms with van der Waals surface area (Å²) in [7, 11) is 0. The van der Waals surface area contributed by atoms with E-state index in [0.717, 1.165) is 36.8 Å². The highest BCUT2D eigenvalue weighted by Crippen LogP contribution is 2.30. The van der Waals surface area contributed by atoms with Gasteiger partial charge in [-0.2, -0.15) is 0 Å². The number of hydrogen-bond donors (Lipinski definition) is 1. The molecule has 2 heterocycles. The minimum Gasteiger partial charge on any atom is -0.457 e. The Hall–Kier alpha value is -2.47. The average molecular weight is 354 g/mol. The Kier molecular flexibility index (Phi) is 4.36. The van der Waals surface area contributed by atoms with E-state index in [9.17, 15) is 9.59 Å². The molecule has 1 saturated carbocycles. The molecule has 25 heavy (non-hydrogen) atoms. The molecular weight excluding hydrogens is 336 g/mol. The fourth-order valence-corrected chi connectivity index (χ4v) is 4.28. The van der Waals surface area contributed by atoms with Crippen molar-refractivity contribution in [1.29, 1.82) is 0 Å². The largest absolute Gasteiger partial charge is 0.457 e. The number of aromatic nitrogens is 2. The number of carbonyl (C=O) groups excluding carboxylic acids is 1. The molecule has 4 rings (SSSR count). The van der Waals surface area contributed by atoms with Crippen LogP contribution in [-0.2, 0) is 16.1 Å². The van der Waals surface area contributed by atoms with Crippen molar-refractivity contribution in [2.24, 2.45) is 5.92 Å². The zero-order valence-electron chi connectivity index (χ0n) is 13.7. The molecule has 1 aromatic carbocycles. The lowest BCUT2D eigenvalue weighted by atomic mass is 10.1. The molecule has 0 atom stereocenters. The van der Waals surface area contributed by atoms with Gasteiger partial charge in [0.25, 0.3) is 5.56 Å². The van der Waals surface area contributed by atoms with Crippen LogP contribution in [0.3, 0.4) is 0 Å². The Labute approximate surface area is 148 Å². The van der Waals surface area contributed by atoms with Gasteiger partial charge in [-0.3, -0.25) is 9.59 Å². The number of rotatable bonds is 4. The molecule has 0 bridgehead atoms. The van der Waals surface area contributed by atoms with Crippen LogP contribution >= 0.6 is 11.3 Å². The third-order valence-corrected chi connectivity index (χ3v) is 5.49. The first kappa shape index (κ1) is 16.0. The summed E-state index contributed by atoms with van der Waals surface area (Å²) < 4.78 is 5.34. The number of benzene rings is 1. The SMILES string of the molecule is O=C(OCc1nc2scc(-c3ccccc3)c2c(=O)[nH]1)C1CCCC1. The summed E-state index contributed by atoms with van der Waals surface area (Å²) in [5.41, 5.74) is 1.67. The van der Waals surface area contributed by atoms with Gasteiger partial charge >= 0.3 is 5.97 Å². The number of H-pyrrole nitrogens is 1. The lowest BCUT2D eigenvalue weighted by Gasteiger charge is -2.09. The van der Waals surface area contributed by atoms with Crippen LogP contribution in [0.25, 0.3) is 21.3 Å². The van der Waals surface area contributed by atoms with Crippen LogP contribution in [0.15, 0.2) is 40.5 Å². The fraction of sp³-hybridized carbons (Fsp3) is 0.316. The number of thiophene rings is 1. The van der Waals surface area contributed by atoms with Crippen LogP contribution in [0.4, 0.5) is 0 Å². The summed E-state index contributed by atoms with van der Waals surface area (Å²) in [6.07, 6.45) is 3.96. The summed E-state index contributed by atoms with van der Waals surface area (Å²) in [6.45, 7) is 0.0130. The molecule has 0 amide bonds. The van der Waals surface area contributed by atoms with Crippen molar-refractivity contribution in [2.45, 2.75) is 32.3 Å². The van der Waals surface area contributed by atoms with E-state index >= 15 is 0 Å². The second-order valence-corrected chi connectivity index (χ2v) is 7.16. The predicted octanol–water partition coefficient (Wildman–Crippen LogP) is 3.89. The van der Waals surface area contributed by atoms with Gasteiger partial charge < -0.3 is 9.72 Å². The number of ether oxygens (including phenoxy) is 1. The van der Waals surface area contributed by atoms with Gasteiger partial charge in [0.15, 0.2) is 0 Å². The topological polar surface area (TPSA) is 72.0 Å². The van der Waals surface area contributed by atoms with Crippen LogP contribution in [-0.4, -0.2) is 15.9 Å². The maximum atomic E-state index is 12.5.